The monoisotopic (exact) mass is 385 g/mol. The molecule has 1 fully saturated rings. The van der Waals surface area contributed by atoms with Crippen molar-refractivity contribution in [2.45, 2.75) is 17.2 Å². The molecule has 0 spiro atoms. The van der Waals surface area contributed by atoms with Crippen LogP contribution in [0.2, 0.25) is 0 Å². The first-order valence-corrected chi connectivity index (χ1v) is 10.0. The van der Waals surface area contributed by atoms with E-state index < -0.39 is 10.0 Å². The molecule has 0 radical (unpaired) electrons. The molecular weight excluding hydrogens is 366 g/mol. The van der Waals surface area contributed by atoms with Gasteiger partial charge in [-0.2, -0.15) is 9.29 Å². The van der Waals surface area contributed by atoms with Crippen molar-refractivity contribution in [2.24, 2.45) is 0 Å². The molecular formula is C19H19N3O4S. The predicted octanol–water partition coefficient (Wildman–Crippen LogP) is 2.92. The first kappa shape index (κ1) is 17.7. The third-order valence-corrected chi connectivity index (χ3v) is 6.52. The largest absolute Gasteiger partial charge is 0.497 e. The number of methoxy groups -OCH3 is 1. The lowest BCUT2D eigenvalue weighted by Crippen LogP contribution is -2.28. The SMILES string of the molecule is COc1cccc(S(=O)(=O)N2CCC(c3noc(-c4ccccc4)n3)C2)c1. The summed E-state index contributed by atoms with van der Waals surface area (Å²) in [5.74, 6) is 1.40. The maximum Gasteiger partial charge on any atom is 0.257 e. The molecule has 1 saturated heterocycles. The Labute approximate surface area is 157 Å². The third kappa shape index (κ3) is 3.45. The molecule has 0 bridgehead atoms. The number of aromatic nitrogens is 2. The van der Waals surface area contributed by atoms with Gasteiger partial charge in [0, 0.05) is 30.6 Å². The van der Waals surface area contributed by atoms with Crippen LogP contribution in [0.3, 0.4) is 0 Å². The minimum absolute atomic E-state index is 0.0911. The van der Waals surface area contributed by atoms with Crippen molar-refractivity contribution in [1.82, 2.24) is 14.4 Å². The molecule has 0 saturated carbocycles. The van der Waals surface area contributed by atoms with Crippen molar-refractivity contribution in [3.05, 3.63) is 60.4 Å². The fourth-order valence-corrected chi connectivity index (χ4v) is 4.70. The van der Waals surface area contributed by atoms with Gasteiger partial charge in [0.15, 0.2) is 5.82 Å². The Morgan fingerprint density at radius 1 is 1.15 bits per heavy atom. The normalized spacial score (nSPS) is 17.9. The molecule has 0 amide bonds. The maximum absolute atomic E-state index is 12.9. The van der Waals surface area contributed by atoms with Crippen LogP contribution in [-0.4, -0.2) is 43.1 Å². The van der Waals surface area contributed by atoms with Crippen LogP contribution in [0, 0.1) is 0 Å². The van der Waals surface area contributed by atoms with E-state index in [1.807, 2.05) is 30.3 Å². The minimum Gasteiger partial charge on any atom is -0.497 e. The predicted molar refractivity (Wildman–Crippen MR) is 98.8 cm³/mol. The highest BCUT2D eigenvalue weighted by atomic mass is 32.2. The van der Waals surface area contributed by atoms with Crippen LogP contribution in [0.25, 0.3) is 11.5 Å². The van der Waals surface area contributed by atoms with Crippen LogP contribution >= 0.6 is 0 Å². The van der Waals surface area contributed by atoms with E-state index in [1.165, 1.54) is 17.5 Å². The molecule has 3 aromatic rings. The Bertz CT molecular complexity index is 1030. The van der Waals surface area contributed by atoms with Gasteiger partial charge in [-0.15, -0.1) is 0 Å². The number of rotatable bonds is 5. The highest BCUT2D eigenvalue weighted by molar-refractivity contribution is 7.89. The molecule has 7 nitrogen and oxygen atoms in total. The van der Waals surface area contributed by atoms with Crippen LogP contribution in [0.4, 0.5) is 0 Å². The zero-order valence-electron chi connectivity index (χ0n) is 14.8. The molecule has 1 aliphatic rings. The lowest BCUT2D eigenvalue weighted by Gasteiger charge is -2.16. The Kier molecular flexibility index (Phi) is 4.67. The number of sulfonamides is 1. The van der Waals surface area contributed by atoms with Gasteiger partial charge in [0.2, 0.25) is 10.0 Å². The maximum atomic E-state index is 12.9. The molecule has 0 aliphatic carbocycles. The van der Waals surface area contributed by atoms with Gasteiger partial charge in [-0.25, -0.2) is 8.42 Å². The van der Waals surface area contributed by atoms with Gasteiger partial charge in [-0.3, -0.25) is 0 Å². The van der Waals surface area contributed by atoms with Crippen molar-refractivity contribution < 1.29 is 17.7 Å². The smallest absolute Gasteiger partial charge is 0.257 e. The number of benzene rings is 2. The van der Waals surface area contributed by atoms with Crippen molar-refractivity contribution >= 4 is 10.0 Å². The average Bonchev–Trinajstić information content (AvgIpc) is 3.38. The lowest BCUT2D eigenvalue weighted by molar-refractivity contribution is 0.411. The van der Waals surface area contributed by atoms with E-state index in [2.05, 4.69) is 10.1 Å². The van der Waals surface area contributed by atoms with Crippen LogP contribution < -0.4 is 4.74 Å². The topological polar surface area (TPSA) is 85.5 Å². The van der Waals surface area contributed by atoms with Gasteiger partial charge in [0.1, 0.15) is 5.75 Å². The second-order valence-corrected chi connectivity index (χ2v) is 8.29. The van der Waals surface area contributed by atoms with E-state index in [9.17, 15) is 8.42 Å². The molecule has 1 unspecified atom stereocenters. The van der Waals surface area contributed by atoms with E-state index in [0.717, 1.165) is 5.56 Å². The molecule has 1 atom stereocenters. The van der Waals surface area contributed by atoms with Gasteiger partial charge in [-0.05, 0) is 30.7 Å². The summed E-state index contributed by atoms with van der Waals surface area (Å²) in [5, 5.41) is 4.06. The highest BCUT2D eigenvalue weighted by Crippen LogP contribution is 2.31. The van der Waals surface area contributed by atoms with Gasteiger partial charge in [-0.1, -0.05) is 29.4 Å². The molecule has 2 heterocycles. The first-order valence-electron chi connectivity index (χ1n) is 8.61. The molecule has 0 N–H and O–H groups in total. The molecule has 1 aliphatic heterocycles. The Balaban J connectivity index is 1.52. The summed E-state index contributed by atoms with van der Waals surface area (Å²) in [6, 6.07) is 16.0. The number of ether oxygens (including phenoxy) is 1. The second kappa shape index (κ2) is 7.13. The quantitative estimate of drug-likeness (QED) is 0.671. The first-order chi connectivity index (χ1) is 13.1. The lowest BCUT2D eigenvalue weighted by atomic mass is 10.1. The zero-order chi connectivity index (χ0) is 18.9. The second-order valence-electron chi connectivity index (χ2n) is 6.35. The molecule has 140 valence electrons. The number of hydrogen-bond donors (Lipinski definition) is 0. The van der Waals surface area contributed by atoms with Crippen LogP contribution in [0.1, 0.15) is 18.2 Å². The van der Waals surface area contributed by atoms with Gasteiger partial charge in [0.25, 0.3) is 5.89 Å². The summed E-state index contributed by atoms with van der Waals surface area (Å²) < 4.78 is 37.8. The number of hydrogen-bond acceptors (Lipinski definition) is 6. The van der Waals surface area contributed by atoms with Crippen LogP contribution in [0.5, 0.6) is 5.75 Å². The molecule has 8 heteroatoms. The van der Waals surface area contributed by atoms with E-state index in [4.69, 9.17) is 9.26 Å². The highest BCUT2D eigenvalue weighted by Gasteiger charge is 2.35. The van der Waals surface area contributed by atoms with Crippen molar-refractivity contribution in [2.75, 3.05) is 20.2 Å². The number of nitrogens with zero attached hydrogens (tertiary/aromatic N) is 3. The minimum atomic E-state index is -3.59. The summed E-state index contributed by atoms with van der Waals surface area (Å²) in [6.45, 7) is 0.743. The fraction of sp³-hybridized carbons (Fsp3) is 0.263. The summed E-state index contributed by atoms with van der Waals surface area (Å²) in [6.07, 6.45) is 0.650. The summed E-state index contributed by atoms with van der Waals surface area (Å²) in [7, 11) is -2.08. The summed E-state index contributed by atoms with van der Waals surface area (Å²) in [5.41, 5.74) is 0.843. The van der Waals surface area contributed by atoms with Crippen LogP contribution in [-0.2, 0) is 10.0 Å². The molecule has 1 aromatic heterocycles. The van der Waals surface area contributed by atoms with Crippen molar-refractivity contribution in [3.8, 4) is 17.2 Å². The van der Waals surface area contributed by atoms with E-state index in [-0.39, 0.29) is 10.8 Å². The van der Waals surface area contributed by atoms with Crippen LogP contribution in [0.15, 0.2) is 64.0 Å². The Hall–Kier alpha value is -2.71. The molecule has 4 rings (SSSR count). The van der Waals surface area contributed by atoms with E-state index in [1.54, 1.807) is 18.2 Å². The third-order valence-electron chi connectivity index (χ3n) is 4.66. The van der Waals surface area contributed by atoms with E-state index >= 15 is 0 Å². The summed E-state index contributed by atoms with van der Waals surface area (Å²) >= 11 is 0. The Morgan fingerprint density at radius 2 is 1.96 bits per heavy atom. The average molecular weight is 385 g/mol. The van der Waals surface area contributed by atoms with Crippen molar-refractivity contribution in [3.63, 3.8) is 0 Å². The standard InChI is InChI=1S/C19H19N3O4S/c1-25-16-8-5-9-17(12-16)27(23,24)22-11-10-15(13-22)18-20-19(26-21-18)14-6-3-2-4-7-14/h2-9,12,15H,10-11,13H2,1H3. The van der Waals surface area contributed by atoms with Gasteiger partial charge in [0.05, 0.1) is 12.0 Å². The zero-order valence-corrected chi connectivity index (χ0v) is 15.6. The Morgan fingerprint density at radius 3 is 2.74 bits per heavy atom. The van der Waals surface area contributed by atoms with Gasteiger partial charge >= 0.3 is 0 Å². The van der Waals surface area contributed by atoms with Gasteiger partial charge < -0.3 is 9.26 Å². The molecule has 27 heavy (non-hydrogen) atoms. The fourth-order valence-electron chi connectivity index (χ4n) is 3.17. The van der Waals surface area contributed by atoms with Crippen molar-refractivity contribution in [1.29, 1.82) is 0 Å². The summed E-state index contributed by atoms with van der Waals surface area (Å²) in [4.78, 5) is 4.68. The van der Waals surface area contributed by atoms with E-state index in [0.29, 0.717) is 37.0 Å². The molecule has 2 aromatic carbocycles.